The van der Waals surface area contributed by atoms with Gasteiger partial charge in [0.2, 0.25) is 5.91 Å². The van der Waals surface area contributed by atoms with Crippen molar-refractivity contribution in [3.05, 3.63) is 85.1 Å². The molecule has 0 aromatic carbocycles. The maximum Gasteiger partial charge on any atom is 0.306 e. The predicted molar refractivity (Wildman–Crippen MR) is 376 cm³/mol. The van der Waals surface area contributed by atoms with Gasteiger partial charge in [-0.15, -0.1) is 0 Å². The minimum atomic E-state index is -4.71. The molecule has 1 amide bonds. The molecule has 10 heteroatoms. The number of quaternary nitrogens is 1. The summed E-state index contributed by atoms with van der Waals surface area (Å²) >= 11 is 0. The van der Waals surface area contributed by atoms with E-state index in [9.17, 15) is 19.0 Å². The van der Waals surface area contributed by atoms with Gasteiger partial charge in [-0.05, 0) is 109 Å². The van der Waals surface area contributed by atoms with E-state index in [0.717, 1.165) is 96.3 Å². The Hall–Kier alpha value is -2.81. The van der Waals surface area contributed by atoms with Crippen LogP contribution in [0.4, 0.5) is 0 Å². The number of nitrogens with one attached hydrogen (secondary N) is 1. The Balaban J connectivity index is 4.98. The van der Waals surface area contributed by atoms with Crippen molar-refractivity contribution in [2.24, 2.45) is 0 Å². The van der Waals surface area contributed by atoms with E-state index in [1.54, 1.807) is 0 Å². The molecule has 0 saturated heterocycles. The van der Waals surface area contributed by atoms with E-state index in [2.05, 4.69) is 99.0 Å². The molecule has 87 heavy (non-hydrogen) atoms. The first-order valence-corrected chi connectivity index (χ1v) is 38.4. The van der Waals surface area contributed by atoms with Gasteiger partial charge >= 0.3 is 5.97 Å². The molecule has 1 N–H and O–H groups in total. The van der Waals surface area contributed by atoms with E-state index >= 15 is 0 Å². The van der Waals surface area contributed by atoms with Gasteiger partial charge in [0.05, 0.1) is 33.8 Å². The maximum absolute atomic E-state index is 13.6. The summed E-state index contributed by atoms with van der Waals surface area (Å²) in [5, 5.41) is 3.04. The summed E-state index contributed by atoms with van der Waals surface area (Å²) in [6.45, 7) is 6.81. The van der Waals surface area contributed by atoms with Crippen LogP contribution in [0.25, 0.3) is 0 Å². The van der Waals surface area contributed by atoms with Crippen molar-refractivity contribution >= 4 is 19.7 Å². The van der Waals surface area contributed by atoms with Gasteiger partial charge in [-0.3, -0.25) is 14.2 Å². The zero-order valence-corrected chi connectivity index (χ0v) is 58.9. The maximum atomic E-state index is 13.6. The monoisotopic (exact) mass is 1240 g/mol. The average molecular weight is 1240 g/mol. The van der Waals surface area contributed by atoms with Crippen LogP contribution in [-0.4, -0.2) is 69.4 Å². The first kappa shape index (κ1) is 84.2. The molecule has 0 spiro atoms. The van der Waals surface area contributed by atoms with Crippen LogP contribution in [0.5, 0.6) is 0 Å². The summed E-state index contributed by atoms with van der Waals surface area (Å²) in [7, 11) is 1.18. The third-order valence-corrected chi connectivity index (χ3v) is 17.3. The van der Waals surface area contributed by atoms with Crippen molar-refractivity contribution in [3.63, 3.8) is 0 Å². The quantitative estimate of drug-likeness (QED) is 0.0212. The van der Waals surface area contributed by atoms with Crippen LogP contribution in [0.2, 0.25) is 0 Å². The van der Waals surface area contributed by atoms with Crippen molar-refractivity contribution in [1.82, 2.24) is 5.32 Å². The number of unbranched alkanes of at least 4 members (excludes halogenated alkanes) is 39. The fourth-order valence-corrected chi connectivity index (χ4v) is 11.3. The van der Waals surface area contributed by atoms with Gasteiger partial charge in [0, 0.05) is 12.8 Å². The molecule has 0 aliphatic rings. The van der Waals surface area contributed by atoms with Crippen molar-refractivity contribution in [2.75, 3.05) is 40.9 Å². The van der Waals surface area contributed by atoms with E-state index in [0.29, 0.717) is 17.4 Å². The molecule has 3 unspecified atom stereocenters. The summed E-state index contributed by atoms with van der Waals surface area (Å²) in [6, 6.07) is -0.897. The van der Waals surface area contributed by atoms with Crippen LogP contribution in [-0.2, 0) is 27.9 Å². The Morgan fingerprint density at radius 2 is 0.701 bits per heavy atom. The van der Waals surface area contributed by atoms with Crippen LogP contribution in [0.15, 0.2) is 85.1 Å². The third kappa shape index (κ3) is 67.4. The van der Waals surface area contributed by atoms with Crippen molar-refractivity contribution in [3.8, 4) is 0 Å². The number of carbonyl (C=O) groups excluding carboxylic acids is 2. The number of carbonyl (C=O) groups is 2. The van der Waals surface area contributed by atoms with Crippen molar-refractivity contribution in [1.29, 1.82) is 0 Å². The number of likely N-dealkylation sites (N-methyl/N-ethyl adjacent to an activating group) is 1. The lowest BCUT2D eigenvalue weighted by atomic mass is 10.0. The minimum absolute atomic E-state index is 0.0259. The second-order valence-electron chi connectivity index (χ2n) is 26.1. The molecule has 0 bridgehead atoms. The highest BCUT2D eigenvalue weighted by Crippen LogP contribution is 2.38. The lowest BCUT2D eigenvalue weighted by molar-refractivity contribution is -0.870. The van der Waals surface area contributed by atoms with Crippen LogP contribution in [0.1, 0.15) is 342 Å². The molecule has 0 radical (unpaired) electrons. The number of rotatable bonds is 67. The molecular weight excluding hydrogens is 1100 g/mol. The molecule has 0 aromatic heterocycles. The predicted octanol–water partition coefficient (Wildman–Crippen LogP) is 23.0. The molecule has 0 aliphatic heterocycles. The largest absolute Gasteiger partial charge is 0.756 e. The Labute approximate surface area is 539 Å². The van der Waals surface area contributed by atoms with Gasteiger partial charge in [0.1, 0.15) is 19.3 Å². The first-order chi connectivity index (χ1) is 42.4. The standard InChI is InChI=1S/C77H141N2O7P/c1-7-10-13-16-19-22-25-27-29-31-33-35-37-38-39-40-42-43-45-47-49-51-54-57-60-63-66-69-76(80)78-74(73-85-87(82,83)84-72-71-79(4,5)6)75(68-65-62-59-56-53-24-21-18-15-12-9-3)86-77(81)70-67-64-61-58-55-52-50-48-46-44-41-36-34-32-30-28-26-23-20-17-14-11-8-2/h19-20,22-23,27-30,34,36,44,46,65,68,74-75H,7-18,21,24-26,31-33,35,37-43,45,47-64,66-67,69-73H2,1-6H3,(H-,78,80,82,83)/b22-19-,23-20-,29-27-,30-28-,36-34-,46-44-,68-65-. The second kappa shape index (κ2) is 66.1. The Bertz CT molecular complexity index is 1760. The second-order valence-corrected chi connectivity index (χ2v) is 27.5. The molecule has 0 aromatic rings. The minimum Gasteiger partial charge on any atom is -0.756 e. The van der Waals surface area contributed by atoms with E-state index in [4.69, 9.17) is 13.8 Å². The molecule has 3 atom stereocenters. The zero-order chi connectivity index (χ0) is 63.5. The number of esters is 1. The van der Waals surface area contributed by atoms with Crippen LogP contribution < -0.4 is 10.2 Å². The third-order valence-electron chi connectivity index (χ3n) is 16.3. The number of allylic oxidation sites excluding steroid dienone is 13. The smallest absolute Gasteiger partial charge is 0.306 e. The van der Waals surface area contributed by atoms with Gasteiger partial charge in [0.15, 0.2) is 0 Å². The summed E-state index contributed by atoms with van der Waals surface area (Å²) < 4.78 is 30.5. The highest BCUT2D eigenvalue weighted by molar-refractivity contribution is 7.45. The summed E-state index contributed by atoms with van der Waals surface area (Å²) in [5.41, 5.74) is 0. The lowest BCUT2D eigenvalue weighted by Crippen LogP contribution is -2.47. The first-order valence-electron chi connectivity index (χ1n) is 36.9. The topological polar surface area (TPSA) is 114 Å². The van der Waals surface area contributed by atoms with E-state index in [1.807, 2.05) is 33.3 Å². The van der Waals surface area contributed by atoms with E-state index in [1.165, 1.54) is 212 Å². The summed E-state index contributed by atoms with van der Waals surface area (Å²) in [6.07, 6.45) is 88.6. The normalized spacial score (nSPS) is 14.0. The van der Waals surface area contributed by atoms with Crippen molar-refractivity contribution in [2.45, 2.75) is 354 Å². The molecule has 0 fully saturated rings. The molecule has 506 valence electrons. The lowest BCUT2D eigenvalue weighted by Gasteiger charge is -2.30. The fraction of sp³-hybridized carbons (Fsp3) is 0.792. The summed E-state index contributed by atoms with van der Waals surface area (Å²) in [5.74, 6) is -0.545. The van der Waals surface area contributed by atoms with Gasteiger partial charge in [-0.2, -0.15) is 0 Å². The number of nitrogens with zero attached hydrogens (tertiary/aromatic N) is 1. The summed E-state index contributed by atoms with van der Waals surface area (Å²) in [4.78, 5) is 40.2. The molecular formula is C77H141N2O7P. The van der Waals surface area contributed by atoms with Gasteiger partial charge in [-0.1, -0.05) is 305 Å². The number of hydrogen-bond donors (Lipinski definition) is 1. The van der Waals surface area contributed by atoms with Gasteiger partial charge < -0.3 is 28.5 Å². The molecule has 9 nitrogen and oxygen atoms in total. The fourth-order valence-electron chi connectivity index (χ4n) is 10.6. The number of amides is 1. The molecule has 0 saturated carbocycles. The molecule has 0 rings (SSSR count). The molecule has 0 aliphatic carbocycles. The highest BCUT2D eigenvalue weighted by Gasteiger charge is 2.27. The number of ether oxygens (including phenoxy) is 1. The van der Waals surface area contributed by atoms with Crippen LogP contribution in [0.3, 0.4) is 0 Å². The van der Waals surface area contributed by atoms with E-state index < -0.39 is 26.6 Å². The number of hydrogen-bond acceptors (Lipinski definition) is 7. The SMILES string of the molecule is CCCCC/C=C\C/C=C\C/C=C\C/C=C\CCCCCCCCCC(=O)OC(/C=C\CCCCCCCCCCC)C(COP(=O)([O-])OCC[N+](C)(C)C)NC(=O)CCCCCCCCCCCCCCCCCCC/C=C\C/C=C\CCCCC. The Morgan fingerprint density at radius 1 is 0.402 bits per heavy atom. The Kier molecular flexibility index (Phi) is 64.0. The van der Waals surface area contributed by atoms with Gasteiger partial charge in [0.25, 0.3) is 7.82 Å². The highest BCUT2D eigenvalue weighted by atomic mass is 31.2. The average Bonchev–Trinajstić information content (AvgIpc) is 3.70. The van der Waals surface area contributed by atoms with Crippen LogP contribution >= 0.6 is 7.82 Å². The number of phosphoric acid groups is 1. The Morgan fingerprint density at radius 3 is 1.07 bits per heavy atom. The number of phosphoric ester groups is 1. The van der Waals surface area contributed by atoms with Crippen LogP contribution in [0, 0.1) is 0 Å². The molecule has 0 heterocycles. The van der Waals surface area contributed by atoms with Gasteiger partial charge in [-0.25, -0.2) is 0 Å². The zero-order valence-electron chi connectivity index (χ0n) is 58.0. The van der Waals surface area contributed by atoms with Crippen molar-refractivity contribution < 1.29 is 37.3 Å². The van der Waals surface area contributed by atoms with E-state index in [-0.39, 0.29) is 24.9 Å².